The minimum atomic E-state index is -0.102. The van der Waals surface area contributed by atoms with Crippen LogP contribution in [0.4, 0.5) is 6.01 Å². The van der Waals surface area contributed by atoms with Gasteiger partial charge in [-0.1, -0.05) is 37.0 Å². The number of halogens is 2. The number of anilines is 1. The maximum atomic E-state index is 12.9. The van der Waals surface area contributed by atoms with Crippen molar-refractivity contribution in [1.29, 1.82) is 0 Å². The zero-order valence-electron chi connectivity index (χ0n) is 14.7. The monoisotopic (exact) mass is 394 g/mol. The van der Waals surface area contributed by atoms with Gasteiger partial charge in [0.2, 0.25) is 11.6 Å². The van der Waals surface area contributed by atoms with Crippen LogP contribution in [0.25, 0.3) is 11.2 Å². The van der Waals surface area contributed by atoms with Crippen molar-refractivity contribution in [2.45, 2.75) is 13.8 Å². The van der Waals surface area contributed by atoms with Crippen LogP contribution in [0.15, 0.2) is 33.3 Å². The molecule has 0 radical (unpaired) electrons. The van der Waals surface area contributed by atoms with Crippen LogP contribution < -0.4 is 4.90 Å². The molecule has 0 unspecified atom stereocenters. The third-order valence-electron chi connectivity index (χ3n) is 5.50. The van der Waals surface area contributed by atoms with Gasteiger partial charge in [-0.15, -0.1) is 0 Å². The lowest BCUT2D eigenvalue weighted by Gasteiger charge is -2.34. The summed E-state index contributed by atoms with van der Waals surface area (Å²) in [6.45, 7) is 6.81. The number of carbonyl (C=O) groups is 1. The number of aromatic nitrogens is 2. The second kappa shape index (κ2) is 6.43. The summed E-state index contributed by atoms with van der Waals surface area (Å²) in [4.78, 5) is 25.5. The van der Waals surface area contributed by atoms with Gasteiger partial charge in [-0.3, -0.25) is 4.79 Å². The number of hydrogen-bond donors (Lipinski definition) is 0. The molecule has 1 saturated carbocycles. The highest BCUT2D eigenvalue weighted by Gasteiger charge is 2.61. The van der Waals surface area contributed by atoms with Crippen molar-refractivity contribution in [3.8, 4) is 0 Å². The molecule has 2 atom stereocenters. The summed E-state index contributed by atoms with van der Waals surface area (Å²) < 4.78 is 6.00. The van der Waals surface area contributed by atoms with E-state index in [0.717, 1.165) is 0 Å². The number of rotatable bonds is 3. The number of allylic oxidation sites excluding steroid dienone is 1. The molecular weight excluding hydrogens is 375 g/mol. The number of pyridine rings is 1. The first-order chi connectivity index (χ1) is 12.4. The average Bonchev–Trinajstić information content (AvgIpc) is 2.96. The molecule has 1 aliphatic carbocycles. The highest BCUT2D eigenvalue weighted by atomic mass is 35.5. The van der Waals surface area contributed by atoms with Crippen LogP contribution in [0.1, 0.15) is 13.8 Å². The molecule has 26 heavy (non-hydrogen) atoms. The molecule has 8 heteroatoms. The summed E-state index contributed by atoms with van der Waals surface area (Å²) in [5.74, 6) is 0.209. The van der Waals surface area contributed by atoms with Gasteiger partial charge in [0.05, 0.1) is 5.92 Å². The summed E-state index contributed by atoms with van der Waals surface area (Å²) in [6.07, 6.45) is 3.48. The maximum Gasteiger partial charge on any atom is 0.300 e. The van der Waals surface area contributed by atoms with Gasteiger partial charge in [0, 0.05) is 32.4 Å². The van der Waals surface area contributed by atoms with Crippen molar-refractivity contribution in [1.82, 2.24) is 14.9 Å². The second-order valence-electron chi connectivity index (χ2n) is 7.42. The molecule has 4 rings (SSSR count). The van der Waals surface area contributed by atoms with Crippen LogP contribution in [0.2, 0.25) is 0 Å². The lowest BCUT2D eigenvalue weighted by Crippen LogP contribution is -2.49. The fourth-order valence-electron chi connectivity index (χ4n) is 3.80. The lowest BCUT2D eigenvalue weighted by molar-refractivity contribution is -0.133. The second-order valence-corrected chi connectivity index (χ2v) is 8.42. The normalized spacial score (nSPS) is 24.6. The molecule has 0 aromatic carbocycles. The highest BCUT2D eigenvalue weighted by Crippen LogP contribution is 2.60. The molecule has 2 fully saturated rings. The Kier molecular flexibility index (Phi) is 4.35. The molecule has 2 aromatic heterocycles. The minimum absolute atomic E-state index is 0.0601. The Morgan fingerprint density at radius 2 is 2.04 bits per heavy atom. The van der Waals surface area contributed by atoms with E-state index in [0.29, 0.717) is 43.4 Å². The summed E-state index contributed by atoms with van der Waals surface area (Å²) >= 11 is 11.6. The molecule has 2 aromatic rings. The smallest absolute Gasteiger partial charge is 0.300 e. The van der Waals surface area contributed by atoms with E-state index in [1.54, 1.807) is 12.3 Å². The maximum absolute atomic E-state index is 12.9. The molecule has 0 spiro atoms. The highest BCUT2D eigenvalue weighted by molar-refractivity contribution is 6.55. The summed E-state index contributed by atoms with van der Waals surface area (Å²) in [5.41, 5.74) is 1.18. The van der Waals surface area contributed by atoms with Crippen LogP contribution in [0, 0.1) is 17.3 Å². The van der Waals surface area contributed by atoms with Gasteiger partial charge in [0.1, 0.15) is 4.49 Å². The quantitative estimate of drug-likeness (QED) is 0.797. The Labute approximate surface area is 161 Å². The molecule has 0 bridgehead atoms. The van der Waals surface area contributed by atoms with Gasteiger partial charge < -0.3 is 14.2 Å². The molecule has 1 amide bonds. The Hall–Kier alpha value is -1.79. The van der Waals surface area contributed by atoms with Crippen LogP contribution >= 0.6 is 23.2 Å². The van der Waals surface area contributed by atoms with Crippen molar-refractivity contribution in [3.63, 3.8) is 0 Å². The van der Waals surface area contributed by atoms with Crippen LogP contribution in [0.3, 0.4) is 0 Å². The molecule has 3 heterocycles. The van der Waals surface area contributed by atoms with Crippen molar-refractivity contribution in [3.05, 3.63) is 28.9 Å². The number of piperazine rings is 1. The van der Waals surface area contributed by atoms with Gasteiger partial charge in [-0.05, 0) is 29.5 Å². The van der Waals surface area contributed by atoms with Gasteiger partial charge in [-0.25, -0.2) is 4.98 Å². The Morgan fingerprint density at radius 1 is 1.31 bits per heavy atom. The lowest BCUT2D eigenvalue weighted by atomic mass is 10.1. The topological polar surface area (TPSA) is 62.5 Å². The predicted octanol–water partition coefficient (Wildman–Crippen LogP) is 3.46. The standard InChI is InChI=1S/C18H20Cl2N4O2/c1-18(2)11(10-13(19)20)14(18)16(25)23-6-8-24(9-7-23)17-22-15-12(26-17)4-3-5-21-15/h3-5,10-11,14H,6-9H2,1-2H3/t11-,14-/m1/s1. The number of hydrogen-bond acceptors (Lipinski definition) is 5. The molecule has 6 nitrogen and oxygen atoms in total. The van der Waals surface area contributed by atoms with E-state index in [-0.39, 0.29) is 27.6 Å². The molecular formula is C18H20Cl2N4O2. The number of oxazole rings is 1. The van der Waals surface area contributed by atoms with E-state index in [2.05, 4.69) is 28.7 Å². The first-order valence-electron chi connectivity index (χ1n) is 8.66. The van der Waals surface area contributed by atoms with Crippen molar-refractivity contribution < 1.29 is 9.21 Å². The molecule has 2 aliphatic rings. The Bertz CT molecular complexity index is 834. The minimum Gasteiger partial charge on any atom is -0.422 e. The molecule has 1 saturated heterocycles. The van der Waals surface area contributed by atoms with E-state index in [9.17, 15) is 4.79 Å². The Balaban J connectivity index is 1.40. The van der Waals surface area contributed by atoms with Crippen molar-refractivity contribution in [2.24, 2.45) is 17.3 Å². The molecule has 1 aliphatic heterocycles. The zero-order valence-corrected chi connectivity index (χ0v) is 16.2. The third kappa shape index (κ3) is 3.05. The predicted molar refractivity (Wildman–Crippen MR) is 101 cm³/mol. The van der Waals surface area contributed by atoms with E-state index in [4.69, 9.17) is 27.6 Å². The van der Waals surface area contributed by atoms with Crippen LogP contribution in [-0.2, 0) is 4.79 Å². The third-order valence-corrected chi connectivity index (χ3v) is 5.75. The molecule has 138 valence electrons. The largest absolute Gasteiger partial charge is 0.422 e. The van der Waals surface area contributed by atoms with Gasteiger partial charge in [-0.2, -0.15) is 4.98 Å². The summed E-state index contributed by atoms with van der Waals surface area (Å²) in [6, 6.07) is 4.24. The Morgan fingerprint density at radius 3 is 2.69 bits per heavy atom. The van der Waals surface area contributed by atoms with Gasteiger partial charge in [0.25, 0.3) is 6.01 Å². The number of carbonyl (C=O) groups excluding carboxylic acids is 1. The average molecular weight is 395 g/mol. The first kappa shape index (κ1) is 17.6. The fraction of sp³-hybridized carbons (Fsp3) is 0.500. The van der Waals surface area contributed by atoms with Gasteiger partial charge >= 0.3 is 0 Å². The van der Waals surface area contributed by atoms with E-state index in [1.165, 1.54) is 0 Å². The number of nitrogens with zero attached hydrogens (tertiary/aromatic N) is 4. The first-order valence-corrected chi connectivity index (χ1v) is 9.41. The van der Waals surface area contributed by atoms with Crippen molar-refractivity contribution in [2.75, 3.05) is 31.1 Å². The van der Waals surface area contributed by atoms with E-state index in [1.807, 2.05) is 17.0 Å². The summed E-state index contributed by atoms with van der Waals surface area (Å²) in [5, 5.41) is 0. The fourth-order valence-corrected chi connectivity index (χ4v) is 4.08. The zero-order chi connectivity index (χ0) is 18.5. The van der Waals surface area contributed by atoms with E-state index < -0.39 is 0 Å². The van der Waals surface area contributed by atoms with Crippen molar-refractivity contribution >= 4 is 46.4 Å². The van der Waals surface area contributed by atoms with E-state index >= 15 is 0 Å². The van der Waals surface area contributed by atoms with Gasteiger partial charge in [0.15, 0.2) is 5.58 Å². The number of amides is 1. The van der Waals surface area contributed by atoms with Crippen LogP contribution in [-0.4, -0.2) is 47.0 Å². The molecule has 0 N–H and O–H groups in total. The SMILES string of the molecule is CC1(C)[C@H](C=C(Cl)Cl)[C@@H]1C(=O)N1CCN(c2nc3ncccc3o2)CC1. The number of fused-ring (bicyclic) bond motifs is 1. The van der Waals surface area contributed by atoms with Crippen LogP contribution in [0.5, 0.6) is 0 Å². The summed E-state index contributed by atoms with van der Waals surface area (Å²) in [7, 11) is 0.